The SMILES string of the molecule is COc1cc(/C=C/C([O-])=NS(=O)(=O)c2ccc(-n3nc(C(F)(F)F)cc3-c3ccc(C)cc3)cc2)ccc1[O-].[Na+].[Na+]. The average molecular weight is 602 g/mol. The summed E-state index contributed by atoms with van der Waals surface area (Å²) in [5.74, 6) is -1.38. The number of methoxy groups -OCH3 is 1. The first kappa shape index (κ1) is 34.6. The summed E-state index contributed by atoms with van der Waals surface area (Å²) in [7, 11) is -3.11. The Morgan fingerprint density at radius 3 is 2.22 bits per heavy atom. The van der Waals surface area contributed by atoms with E-state index < -0.39 is 27.8 Å². The van der Waals surface area contributed by atoms with Gasteiger partial charge in [-0.15, -0.1) is 0 Å². The predicted molar refractivity (Wildman–Crippen MR) is 135 cm³/mol. The number of rotatable bonds is 7. The molecule has 41 heavy (non-hydrogen) atoms. The summed E-state index contributed by atoms with van der Waals surface area (Å²) in [6.45, 7) is 1.84. The van der Waals surface area contributed by atoms with Crippen LogP contribution in [0, 0.1) is 6.92 Å². The van der Waals surface area contributed by atoms with Crippen molar-refractivity contribution in [3.05, 3.63) is 95.7 Å². The van der Waals surface area contributed by atoms with Gasteiger partial charge < -0.3 is 14.9 Å². The Morgan fingerprint density at radius 2 is 1.63 bits per heavy atom. The van der Waals surface area contributed by atoms with Crippen LogP contribution in [0.15, 0.2) is 88.2 Å². The third-order valence-corrected chi connectivity index (χ3v) is 6.83. The topological polar surface area (TPSA) is 120 Å². The second kappa shape index (κ2) is 14.1. The molecule has 0 unspecified atom stereocenters. The van der Waals surface area contributed by atoms with Gasteiger partial charge in [-0.25, -0.2) is 4.68 Å². The largest absolute Gasteiger partial charge is 1.00 e. The fraction of sp³-hybridized carbons (Fsp3) is 0.111. The molecule has 0 bridgehead atoms. The van der Waals surface area contributed by atoms with Crippen molar-refractivity contribution in [3.8, 4) is 28.4 Å². The second-order valence-electron chi connectivity index (χ2n) is 8.33. The fourth-order valence-corrected chi connectivity index (χ4v) is 4.45. The van der Waals surface area contributed by atoms with Crippen LogP contribution in [0.2, 0.25) is 0 Å². The van der Waals surface area contributed by atoms with Gasteiger partial charge in [-0.3, -0.25) is 0 Å². The minimum Gasteiger partial charge on any atom is -0.870 e. The zero-order chi connectivity index (χ0) is 28.4. The van der Waals surface area contributed by atoms with E-state index in [9.17, 15) is 31.8 Å². The average Bonchev–Trinajstić information content (AvgIpc) is 3.35. The van der Waals surface area contributed by atoms with E-state index in [4.69, 9.17) is 4.74 Å². The Hall–Kier alpha value is -2.58. The third-order valence-electron chi connectivity index (χ3n) is 5.54. The first-order valence-corrected chi connectivity index (χ1v) is 12.7. The van der Waals surface area contributed by atoms with Crippen LogP contribution in [0.1, 0.15) is 16.8 Å². The monoisotopic (exact) mass is 601 g/mol. The van der Waals surface area contributed by atoms with Gasteiger partial charge in [0.05, 0.1) is 23.4 Å². The zero-order valence-corrected chi connectivity index (χ0v) is 27.3. The summed E-state index contributed by atoms with van der Waals surface area (Å²) in [4.78, 5) is -0.342. The molecular formula is C27H20F3N3Na2O5S. The standard InChI is InChI=1S/C27H22F3N3O5S.2Na/c1-17-3-7-19(8-4-17)22-16-25(27(28,29)30)31-33(22)20-9-11-21(12-10-20)39(36,37)32-26(35)14-6-18-5-13-23(34)24(15-18)38-2;;/h3-16,34H,1-2H3,(H,32,35);;/q;2*+1/p-2/b14-6+;;. The van der Waals surface area contributed by atoms with Gasteiger partial charge in [0.2, 0.25) is 0 Å². The van der Waals surface area contributed by atoms with Crippen LogP contribution in [-0.4, -0.2) is 31.2 Å². The van der Waals surface area contributed by atoms with Crippen LogP contribution < -0.4 is 74.1 Å². The molecule has 0 aliphatic carbocycles. The molecule has 4 aromatic rings. The molecule has 0 saturated carbocycles. The minimum atomic E-state index is -4.69. The molecule has 0 N–H and O–H groups in total. The number of benzene rings is 3. The van der Waals surface area contributed by atoms with Crippen LogP contribution >= 0.6 is 0 Å². The van der Waals surface area contributed by atoms with Gasteiger partial charge >= 0.3 is 65.3 Å². The molecule has 8 nitrogen and oxygen atoms in total. The number of hydrogen-bond donors (Lipinski definition) is 0. The molecule has 0 radical (unpaired) electrons. The summed E-state index contributed by atoms with van der Waals surface area (Å²) in [5, 5.41) is 27.5. The number of alkyl halides is 3. The summed E-state index contributed by atoms with van der Waals surface area (Å²) in [5.41, 5.74) is 1.04. The van der Waals surface area contributed by atoms with Gasteiger partial charge in [-0.1, -0.05) is 53.8 Å². The molecule has 0 spiro atoms. The summed E-state index contributed by atoms with van der Waals surface area (Å²) in [6, 6.07) is 16.5. The van der Waals surface area contributed by atoms with Crippen LogP contribution in [0.4, 0.5) is 13.2 Å². The predicted octanol–water partition coefficient (Wildman–Crippen LogP) is -1.88. The van der Waals surface area contributed by atoms with Gasteiger partial charge in [0, 0.05) is 11.5 Å². The number of aryl methyl sites for hydroxylation is 1. The van der Waals surface area contributed by atoms with Crippen molar-refractivity contribution in [1.82, 2.24) is 9.78 Å². The molecule has 14 heteroatoms. The number of sulfonamides is 1. The molecule has 1 aromatic heterocycles. The van der Waals surface area contributed by atoms with Crippen molar-refractivity contribution in [2.75, 3.05) is 7.11 Å². The Kier molecular flexibility index (Phi) is 11.9. The van der Waals surface area contributed by atoms with Gasteiger partial charge in [-0.2, -0.15) is 31.1 Å². The maximum Gasteiger partial charge on any atom is 1.00 e. The van der Waals surface area contributed by atoms with E-state index in [-0.39, 0.29) is 86.9 Å². The first-order chi connectivity index (χ1) is 18.4. The molecule has 0 atom stereocenters. The molecule has 0 amide bonds. The maximum absolute atomic E-state index is 13.4. The Balaban J connectivity index is 0.00000294. The van der Waals surface area contributed by atoms with Crippen molar-refractivity contribution in [2.24, 2.45) is 4.40 Å². The molecule has 0 fully saturated rings. The Morgan fingerprint density at radius 1 is 1.00 bits per heavy atom. The Bertz CT molecular complexity index is 1670. The van der Waals surface area contributed by atoms with E-state index in [1.165, 1.54) is 43.5 Å². The molecule has 4 rings (SSSR count). The number of ether oxygens (including phenoxy) is 1. The molecule has 202 valence electrons. The molecule has 0 saturated heterocycles. The molecule has 1 heterocycles. The van der Waals surface area contributed by atoms with Gasteiger partial charge in [0.25, 0.3) is 10.0 Å². The number of aromatic nitrogens is 2. The fourth-order valence-electron chi connectivity index (χ4n) is 3.56. The molecule has 3 aromatic carbocycles. The maximum atomic E-state index is 13.4. The summed E-state index contributed by atoms with van der Waals surface area (Å²) < 4.78 is 74.8. The normalized spacial score (nSPS) is 12.1. The van der Waals surface area contributed by atoms with Gasteiger partial charge in [-0.05, 0) is 55.0 Å². The van der Waals surface area contributed by atoms with Crippen LogP contribution in [0.5, 0.6) is 11.5 Å². The first-order valence-electron chi connectivity index (χ1n) is 11.3. The quantitative estimate of drug-likeness (QED) is 0.139. The van der Waals surface area contributed by atoms with Crippen molar-refractivity contribution in [2.45, 2.75) is 18.0 Å². The van der Waals surface area contributed by atoms with Crippen molar-refractivity contribution >= 4 is 22.0 Å². The van der Waals surface area contributed by atoms with Gasteiger partial charge in [0.1, 0.15) is 5.75 Å². The molecule has 0 aliphatic rings. The third kappa shape index (κ3) is 8.48. The zero-order valence-electron chi connectivity index (χ0n) is 22.5. The van der Waals surface area contributed by atoms with Crippen LogP contribution in [0.25, 0.3) is 23.0 Å². The van der Waals surface area contributed by atoms with Crippen molar-refractivity contribution < 1.29 is 95.7 Å². The van der Waals surface area contributed by atoms with E-state index >= 15 is 0 Å². The van der Waals surface area contributed by atoms with E-state index in [2.05, 4.69) is 9.50 Å². The summed E-state index contributed by atoms with van der Waals surface area (Å²) in [6.07, 6.45) is -2.50. The van der Waals surface area contributed by atoms with E-state index in [0.29, 0.717) is 11.1 Å². The van der Waals surface area contributed by atoms with Crippen LogP contribution in [-0.2, 0) is 16.2 Å². The Labute approximate surface area is 278 Å². The molecular weight excluding hydrogens is 581 g/mol. The molecule has 0 aliphatic heterocycles. The number of halogens is 3. The van der Waals surface area contributed by atoms with E-state index in [1.807, 2.05) is 6.92 Å². The second-order valence-corrected chi connectivity index (χ2v) is 9.94. The van der Waals surface area contributed by atoms with Gasteiger partial charge in [0.15, 0.2) is 5.69 Å². The summed E-state index contributed by atoms with van der Waals surface area (Å²) >= 11 is 0. The van der Waals surface area contributed by atoms with E-state index in [0.717, 1.165) is 34.5 Å². The minimum absolute atomic E-state index is 0. The number of hydrogen-bond acceptors (Lipinski definition) is 6. The smallest absolute Gasteiger partial charge is 0.870 e. The van der Waals surface area contributed by atoms with Crippen LogP contribution in [0.3, 0.4) is 0 Å². The van der Waals surface area contributed by atoms with Crippen molar-refractivity contribution in [1.29, 1.82) is 0 Å². The van der Waals surface area contributed by atoms with E-state index in [1.54, 1.807) is 24.3 Å². The number of nitrogens with zero attached hydrogens (tertiary/aromatic N) is 3. The van der Waals surface area contributed by atoms with Crippen molar-refractivity contribution in [3.63, 3.8) is 0 Å².